The molecule has 0 N–H and O–H groups in total. The first kappa shape index (κ1) is 13.9. The van der Waals surface area contributed by atoms with Crippen LogP contribution in [0.2, 0.25) is 0 Å². The summed E-state index contributed by atoms with van der Waals surface area (Å²) in [6.45, 7) is 7.83. The topological polar surface area (TPSA) is 23.6 Å². The number of aryl methyl sites for hydroxylation is 1. The predicted octanol–water partition coefficient (Wildman–Crippen LogP) is 2.70. The largest absolute Gasteiger partial charge is 0.368 e. The molecule has 2 rings (SSSR count). The number of rotatable bonds is 4. The predicted molar refractivity (Wildman–Crippen MR) is 79.5 cm³/mol. The molecule has 1 aliphatic rings. The second-order valence-electron chi connectivity index (χ2n) is 5.14. The maximum absolute atomic E-state index is 11.8. The van der Waals surface area contributed by atoms with Crippen molar-refractivity contribution in [3.05, 3.63) is 29.8 Å². The minimum absolute atomic E-state index is 0.309. The molecule has 0 saturated carbocycles. The minimum atomic E-state index is 0.309. The highest BCUT2D eigenvalue weighted by Crippen LogP contribution is 2.18. The van der Waals surface area contributed by atoms with E-state index in [4.69, 9.17) is 0 Å². The molecule has 0 atom stereocenters. The molecule has 1 heterocycles. The maximum Gasteiger partial charge on any atom is 0.222 e. The molecule has 0 spiro atoms. The molecular formula is C16H24N2O. The number of amides is 1. The highest BCUT2D eigenvalue weighted by molar-refractivity contribution is 5.76. The van der Waals surface area contributed by atoms with E-state index >= 15 is 0 Å². The Labute approximate surface area is 116 Å². The van der Waals surface area contributed by atoms with Crippen LogP contribution in [0, 0.1) is 0 Å². The molecule has 0 aromatic heterocycles. The summed E-state index contributed by atoms with van der Waals surface area (Å²) in [6, 6.07) is 8.79. The van der Waals surface area contributed by atoms with Gasteiger partial charge in [0.05, 0.1) is 0 Å². The molecule has 1 aromatic rings. The molecule has 0 aliphatic carbocycles. The normalized spacial score (nSPS) is 15.7. The van der Waals surface area contributed by atoms with Crippen molar-refractivity contribution in [2.24, 2.45) is 0 Å². The van der Waals surface area contributed by atoms with Crippen LogP contribution in [0.25, 0.3) is 0 Å². The lowest BCUT2D eigenvalue weighted by Crippen LogP contribution is -2.48. The molecule has 3 heteroatoms. The van der Waals surface area contributed by atoms with Crippen LogP contribution in [-0.2, 0) is 11.2 Å². The quantitative estimate of drug-likeness (QED) is 0.831. The van der Waals surface area contributed by atoms with E-state index in [9.17, 15) is 4.79 Å². The number of hydrogen-bond acceptors (Lipinski definition) is 2. The Morgan fingerprint density at radius 1 is 1.05 bits per heavy atom. The molecule has 0 unspecified atom stereocenters. The Bertz CT molecular complexity index is 405. The number of carbonyl (C=O) groups excluding carboxylic acids is 1. The fourth-order valence-corrected chi connectivity index (χ4v) is 2.53. The van der Waals surface area contributed by atoms with Gasteiger partial charge in [0.2, 0.25) is 5.91 Å². The monoisotopic (exact) mass is 260 g/mol. The van der Waals surface area contributed by atoms with Crippen LogP contribution in [0.3, 0.4) is 0 Å². The third-order valence-corrected chi connectivity index (χ3v) is 3.81. The van der Waals surface area contributed by atoms with Crippen LogP contribution >= 0.6 is 0 Å². The molecule has 3 nitrogen and oxygen atoms in total. The third kappa shape index (κ3) is 3.49. The van der Waals surface area contributed by atoms with Crippen molar-refractivity contribution >= 4 is 11.6 Å². The van der Waals surface area contributed by atoms with E-state index in [1.54, 1.807) is 0 Å². The number of piperazine rings is 1. The van der Waals surface area contributed by atoms with Crippen molar-refractivity contribution in [3.63, 3.8) is 0 Å². The molecule has 104 valence electrons. The Hall–Kier alpha value is -1.51. The molecule has 1 amide bonds. The van der Waals surface area contributed by atoms with Gasteiger partial charge in [0.1, 0.15) is 0 Å². The maximum atomic E-state index is 11.8. The second kappa shape index (κ2) is 6.60. The van der Waals surface area contributed by atoms with Gasteiger partial charge in [-0.05, 0) is 30.5 Å². The first-order valence-electron chi connectivity index (χ1n) is 7.36. The van der Waals surface area contributed by atoms with Gasteiger partial charge >= 0.3 is 0 Å². The van der Waals surface area contributed by atoms with Crippen LogP contribution in [0.1, 0.15) is 32.3 Å². The SMILES string of the molecule is CCCC(=O)N1CCN(c2ccc(CC)cc2)CC1. The molecule has 19 heavy (non-hydrogen) atoms. The standard InChI is InChI=1S/C16H24N2O/c1-3-5-16(19)18-12-10-17(11-13-18)15-8-6-14(4-2)7-9-15/h6-9H,3-5,10-13H2,1-2H3. The Morgan fingerprint density at radius 2 is 1.68 bits per heavy atom. The molecule has 1 aromatic carbocycles. The average molecular weight is 260 g/mol. The van der Waals surface area contributed by atoms with E-state index in [0.717, 1.165) is 39.0 Å². The number of nitrogens with zero attached hydrogens (tertiary/aromatic N) is 2. The van der Waals surface area contributed by atoms with Gasteiger partial charge in [-0.3, -0.25) is 4.79 Å². The van der Waals surface area contributed by atoms with Crippen LogP contribution in [0.4, 0.5) is 5.69 Å². The van der Waals surface area contributed by atoms with E-state index in [1.807, 2.05) is 4.90 Å². The van der Waals surface area contributed by atoms with Crippen LogP contribution < -0.4 is 4.90 Å². The Morgan fingerprint density at radius 3 is 2.21 bits per heavy atom. The van der Waals surface area contributed by atoms with Gasteiger partial charge in [-0.15, -0.1) is 0 Å². The fourth-order valence-electron chi connectivity index (χ4n) is 2.53. The zero-order chi connectivity index (χ0) is 13.7. The fraction of sp³-hybridized carbons (Fsp3) is 0.562. The van der Waals surface area contributed by atoms with Crippen molar-refractivity contribution in [3.8, 4) is 0 Å². The van der Waals surface area contributed by atoms with Crippen molar-refractivity contribution in [1.82, 2.24) is 4.90 Å². The smallest absolute Gasteiger partial charge is 0.222 e. The number of carbonyl (C=O) groups is 1. The Kier molecular flexibility index (Phi) is 4.83. The molecule has 0 radical (unpaired) electrons. The first-order chi connectivity index (χ1) is 9.24. The van der Waals surface area contributed by atoms with Crippen LogP contribution in [-0.4, -0.2) is 37.0 Å². The third-order valence-electron chi connectivity index (χ3n) is 3.81. The summed E-state index contributed by atoms with van der Waals surface area (Å²) in [4.78, 5) is 16.2. The number of benzene rings is 1. The van der Waals surface area contributed by atoms with Gasteiger partial charge in [-0.25, -0.2) is 0 Å². The summed E-state index contributed by atoms with van der Waals surface area (Å²) in [5.41, 5.74) is 2.65. The lowest BCUT2D eigenvalue weighted by Gasteiger charge is -2.36. The van der Waals surface area contributed by atoms with E-state index in [0.29, 0.717) is 12.3 Å². The van der Waals surface area contributed by atoms with Crippen molar-refractivity contribution < 1.29 is 4.79 Å². The minimum Gasteiger partial charge on any atom is -0.368 e. The number of anilines is 1. The summed E-state index contributed by atoms with van der Waals surface area (Å²) in [5.74, 6) is 0.309. The molecule has 1 saturated heterocycles. The number of hydrogen-bond donors (Lipinski definition) is 0. The lowest BCUT2D eigenvalue weighted by molar-refractivity contribution is -0.131. The highest BCUT2D eigenvalue weighted by Gasteiger charge is 2.20. The first-order valence-corrected chi connectivity index (χ1v) is 7.36. The van der Waals surface area contributed by atoms with Gasteiger partial charge in [-0.1, -0.05) is 26.0 Å². The van der Waals surface area contributed by atoms with E-state index in [2.05, 4.69) is 43.0 Å². The van der Waals surface area contributed by atoms with E-state index in [-0.39, 0.29) is 0 Å². The van der Waals surface area contributed by atoms with E-state index < -0.39 is 0 Å². The van der Waals surface area contributed by atoms with Crippen LogP contribution in [0.5, 0.6) is 0 Å². The summed E-state index contributed by atoms with van der Waals surface area (Å²) in [7, 11) is 0. The summed E-state index contributed by atoms with van der Waals surface area (Å²) >= 11 is 0. The zero-order valence-electron chi connectivity index (χ0n) is 12.1. The van der Waals surface area contributed by atoms with Gasteiger partial charge in [0.15, 0.2) is 0 Å². The second-order valence-corrected chi connectivity index (χ2v) is 5.14. The molecule has 1 aliphatic heterocycles. The molecule has 1 fully saturated rings. The van der Waals surface area contributed by atoms with Crippen molar-refractivity contribution in [1.29, 1.82) is 0 Å². The van der Waals surface area contributed by atoms with Crippen molar-refractivity contribution in [2.45, 2.75) is 33.1 Å². The molecular weight excluding hydrogens is 236 g/mol. The van der Waals surface area contributed by atoms with Gasteiger partial charge in [0.25, 0.3) is 0 Å². The van der Waals surface area contributed by atoms with Crippen molar-refractivity contribution in [2.75, 3.05) is 31.1 Å². The van der Waals surface area contributed by atoms with Gasteiger partial charge in [-0.2, -0.15) is 0 Å². The molecule has 0 bridgehead atoms. The van der Waals surface area contributed by atoms with Crippen LogP contribution in [0.15, 0.2) is 24.3 Å². The lowest BCUT2D eigenvalue weighted by atomic mass is 10.1. The summed E-state index contributed by atoms with van der Waals surface area (Å²) in [5, 5.41) is 0. The summed E-state index contributed by atoms with van der Waals surface area (Å²) < 4.78 is 0. The highest BCUT2D eigenvalue weighted by atomic mass is 16.2. The zero-order valence-corrected chi connectivity index (χ0v) is 12.1. The van der Waals surface area contributed by atoms with Gasteiger partial charge < -0.3 is 9.80 Å². The van der Waals surface area contributed by atoms with Gasteiger partial charge in [0, 0.05) is 38.3 Å². The average Bonchev–Trinajstić information content (AvgIpc) is 2.48. The Balaban J connectivity index is 1.90. The summed E-state index contributed by atoms with van der Waals surface area (Å²) in [6.07, 6.45) is 2.71. The van der Waals surface area contributed by atoms with E-state index in [1.165, 1.54) is 11.3 Å².